The number of urea groups is 1. The van der Waals surface area contributed by atoms with Crippen LogP contribution >= 0.6 is 27.3 Å². The van der Waals surface area contributed by atoms with Gasteiger partial charge in [0.05, 0.1) is 22.9 Å². The predicted molar refractivity (Wildman–Crippen MR) is 179 cm³/mol. The number of hydrogen-bond donors (Lipinski definition) is 2. The van der Waals surface area contributed by atoms with E-state index in [0.29, 0.717) is 57.2 Å². The number of nitrogens with one attached hydrogen (secondary N) is 1. The van der Waals surface area contributed by atoms with E-state index < -0.39 is 23.3 Å². The van der Waals surface area contributed by atoms with Crippen molar-refractivity contribution in [2.24, 2.45) is 5.92 Å². The Morgan fingerprint density at radius 3 is 2.30 bits per heavy atom. The smallest absolute Gasteiger partial charge is 0.397 e. The topological polar surface area (TPSA) is 102 Å². The number of nitrogen functional groups attached to an aromatic ring is 1. The van der Waals surface area contributed by atoms with E-state index >= 15 is 0 Å². The van der Waals surface area contributed by atoms with E-state index in [2.05, 4.69) is 31.5 Å². The molecule has 0 radical (unpaired) electrons. The average Bonchev–Trinajstić information content (AvgIpc) is 3.72. The SMILES string of the molecule is Nc1c(Br)cc(C[C@@H](CC(=O)N2CCC(N3CCc4cscc4NC3=O)CC2)C(=O)N2CCC(N3CCCC3)CC2)cc1C(F)(F)F. The number of rotatable bonds is 7. The molecule has 0 aliphatic carbocycles. The molecule has 6 rings (SSSR count). The standard InChI is InChI=1S/C33H42BrF3N6O3S/c34-27-17-21(16-26(30(27)38)33(35,36)37)15-23(31(45)42-12-4-24(5-13-42)40-8-1-2-9-40)18-29(44)41-10-6-25(7-11-41)43-14-3-22-19-47-20-28(22)39-32(43)46/h16-17,19-20,23-25H,1-15,18,38H2,(H,39,46)/t23-/m0/s1. The van der Waals surface area contributed by atoms with Gasteiger partial charge in [-0.05, 0) is 109 Å². The van der Waals surface area contributed by atoms with Crippen molar-refractivity contribution >= 4 is 56.5 Å². The molecule has 0 unspecified atom stereocenters. The van der Waals surface area contributed by atoms with E-state index in [9.17, 15) is 27.6 Å². The average molecular weight is 740 g/mol. The third-order valence-electron chi connectivity index (χ3n) is 10.3. The summed E-state index contributed by atoms with van der Waals surface area (Å²) in [4.78, 5) is 48.6. The Hall–Kier alpha value is -2.84. The molecule has 0 saturated carbocycles. The van der Waals surface area contributed by atoms with Crippen LogP contribution in [0.1, 0.15) is 61.6 Å². The van der Waals surface area contributed by atoms with Gasteiger partial charge in [0, 0.05) is 61.1 Å². The lowest BCUT2D eigenvalue weighted by molar-refractivity contribution is -0.143. The highest BCUT2D eigenvalue weighted by atomic mass is 79.9. The predicted octanol–water partition coefficient (Wildman–Crippen LogP) is 5.83. The number of fused-ring (bicyclic) bond motifs is 1. The highest BCUT2D eigenvalue weighted by Gasteiger charge is 2.37. The van der Waals surface area contributed by atoms with E-state index in [0.717, 1.165) is 49.7 Å². The Labute approximate surface area is 285 Å². The summed E-state index contributed by atoms with van der Waals surface area (Å²) in [6, 6.07) is 2.82. The number of halogens is 4. The van der Waals surface area contributed by atoms with Crippen molar-refractivity contribution < 1.29 is 27.6 Å². The van der Waals surface area contributed by atoms with E-state index in [1.165, 1.54) is 18.9 Å². The maximum absolute atomic E-state index is 14.0. The summed E-state index contributed by atoms with van der Waals surface area (Å²) < 4.78 is 41.5. The number of anilines is 2. The van der Waals surface area contributed by atoms with Crippen LogP contribution in [-0.4, -0.2) is 95.3 Å². The molecular formula is C33H42BrF3N6O3S. The number of amides is 4. The number of hydrogen-bond acceptors (Lipinski definition) is 6. The van der Waals surface area contributed by atoms with Gasteiger partial charge >= 0.3 is 12.2 Å². The normalized spacial score (nSPS) is 21.0. The fourth-order valence-corrected chi connectivity index (χ4v) is 8.98. The van der Waals surface area contributed by atoms with Crippen molar-refractivity contribution in [3.05, 3.63) is 44.1 Å². The Balaban J connectivity index is 1.12. The number of nitrogens with zero attached hydrogens (tertiary/aromatic N) is 4. The zero-order valence-corrected chi connectivity index (χ0v) is 28.8. The molecule has 3 N–H and O–H groups in total. The number of carbonyl (C=O) groups excluding carboxylic acids is 3. The Kier molecular flexibility index (Phi) is 10.4. The van der Waals surface area contributed by atoms with Gasteiger partial charge in [0.1, 0.15) is 0 Å². The van der Waals surface area contributed by atoms with Gasteiger partial charge in [-0.15, -0.1) is 11.3 Å². The lowest BCUT2D eigenvalue weighted by Gasteiger charge is -2.39. The number of carbonyl (C=O) groups is 3. The maximum Gasteiger partial charge on any atom is 0.418 e. The minimum atomic E-state index is -4.66. The van der Waals surface area contributed by atoms with Crippen LogP contribution in [-0.2, 0) is 28.6 Å². The fourth-order valence-electron chi connectivity index (χ4n) is 7.65. The molecule has 5 heterocycles. The summed E-state index contributed by atoms with van der Waals surface area (Å²) in [5, 5.41) is 7.01. The quantitative estimate of drug-likeness (QED) is 0.349. The van der Waals surface area contributed by atoms with Crippen molar-refractivity contribution in [2.45, 2.75) is 76.0 Å². The Morgan fingerprint density at radius 1 is 0.957 bits per heavy atom. The number of piperidine rings is 2. The van der Waals surface area contributed by atoms with Crippen LogP contribution in [0.15, 0.2) is 27.4 Å². The van der Waals surface area contributed by atoms with Crippen molar-refractivity contribution in [3.8, 4) is 0 Å². The molecule has 14 heteroatoms. The molecule has 256 valence electrons. The minimum Gasteiger partial charge on any atom is -0.397 e. The number of benzene rings is 1. The summed E-state index contributed by atoms with van der Waals surface area (Å²) >= 11 is 4.73. The van der Waals surface area contributed by atoms with Gasteiger partial charge in [0.2, 0.25) is 11.8 Å². The summed E-state index contributed by atoms with van der Waals surface area (Å²) in [6.07, 6.45) is 1.34. The van der Waals surface area contributed by atoms with Gasteiger partial charge in [-0.25, -0.2) is 4.79 Å². The molecule has 9 nitrogen and oxygen atoms in total. The first-order valence-corrected chi connectivity index (χ1v) is 18.3. The number of thiophene rings is 1. The van der Waals surface area contributed by atoms with Crippen LogP contribution in [0.25, 0.3) is 0 Å². The summed E-state index contributed by atoms with van der Waals surface area (Å²) in [5.41, 5.74) is 6.69. The molecule has 47 heavy (non-hydrogen) atoms. The first kappa shape index (κ1) is 34.0. The van der Waals surface area contributed by atoms with Crippen LogP contribution in [0, 0.1) is 5.92 Å². The molecule has 4 aliphatic rings. The molecular weight excluding hydrogens is 697 g/mol. The summed E-state index contributed by atoms with van der Waals surface area (Å²) in [6.45, 7) is 4.80. The number of alkyl halides is 3. The molecule has 0 spiro atoms. The van der Waals surface area contributed by atoms with Crippen LogP contribution in [0.5, 0.6) is 0 Å². The van der Waals surface area contributed by atoms with Crippen molar-refractivity contribution in [1.29, 1.82) is 0 Å². The third-order valence-corrected chi connectivity index (χ3v) is 11.8. The lowest BCUT2D eigenvalue weighted by atomic mass is 9.91. The van der Waals surface area contributed by atoms with Crippen molar-refractivity contribution in [3.63, 3.8) is 0 Å². The van der Waals surface area contributed by atoms with E-state index in [1.54, 1.807) is 21.1 Å². The van der Waals surface area contributed by atoms with E-state index in [1.807, 2.05) is 10.3 Å². The molecule has 3 saturated heterocycles. The van der Waals surface area contributed by atoms with Crippen LogP contribution in [0.3, 0.4) is 0 Å². The first-order valence-electron chi connectivity index (χ1n) is 16.6. The second kappa shape index (κ2) is 14.3. The van der Waals surface area contributed by atoms with Gasteiger partial charge in [0.25, 0.3) is 0 Å². The zero-order valence-electron chi connectivity index (χ0n) is 26.4. The lowest BCUT2D eigenvalue weighted by Crippen LogP contribution is -2.51. The minimum absolute atomic E-state index is 0.00558. The Bertz CT molecular complexity index is 1470. The number of likely N-dealkylation sites (tertiary alicyclic amines) is 3. The molecule has 4 aliphatic heterocycles. The molecule has 2 aromatic rings. The fraction of sp³-hybridized carbons (Fsp3) is 0.606. The molecule has 4 amide bonds. The monoisotopic (exact) mass is 738 g/mol. The highest BCUT2D eigenvalue weighted by molar-refractivity contribution is 9.10. The Morgan fingerprint density at radius 2 is 1.62 bits per heavy atom. The van der Waals surface area contributed by atoms with E-state index in [-0.39, 0.29) is 41.2 Å². The summed E-state index contributed by atoms with van der Waals surface area (Å²) in [5.74, 6) is -1.19. The molecule has 1 atom stereocenters. The first-order chi connectivity index (χ1) is 22.5. The van der Waals surface area contributed by atoms with Gasteiger partial charge in [-0.3, -0.25) is 9.59 Å². The second-order valence-electron chi connectivity index (χ2n) is 13.2. The van der Waals surface area contributed by atoms with E-state index in [4.69, 9.17) is 5.73 Å². The van der Waals surface area contributed by atoms with Gasteiger partial charge in [-0.1, -0.05) is 0 Å². The third kappa shape index (κ3) is 7.75. The van der Waals surface area contributed by atoms with Gasteiger partial charge < -0.3 is 30.7 Å². The largest absolute Gasteiger partial charge is 0.418 e. The molecule has 1 aromatic heterocycles. The van der Waals surface area contributed by atoms with Crippen LogP contribution in [0.4, 0.5) is 29.3 Å². The van der Waals surface area contributed by atoms with Crippen LogP contribution < -0.4 is 11.1 Å². The second-order valence-corrected chi connectivity index (χ2v) is 14.8. The zero-order chi connectivity index (χ0) is 33.3. The number of nitrogens with two attached hydrogens (primary N) is 1. The molecule has 3 fully saturated rings. The van der Waals surface area contributed by atoms with Crippen LogP contribution in [0.2, 0.25) is 0 Å². The van der Waals surface area contributed by atoms with Gasteiger partial charge in [0.15, 0.2) is 0 Å². The van der Waals surface area contributed by atoms with Crippen molar-refractivity contribution in [2.75, 3.05) is 56.9 Å². The maximum atomic E-state index is 14.0. The summed E-state index contributed by atoms with van der Waals surface area (Å²) in [7, 11) is 0. The molecule has 0 bridgehead atoms. The van der Waals surface area contributed by atoms with Crippen molar-refractivity contribution in [1.82, 2.24) is 19.6 Å². The molecule has 1 aromatic carbocycles. The highest BCUT2D eigenvalue weighted by Crippen LogP contribution is 2.39. The van der Waals surface area contributed by atoms with Gasteiger partial charge in [-0.2, -0.15) is 13.2 Å².